The van der Waals surface area contributed by atoms with Crippen molar-refractivity contribution in [1.82, 2.24) is 15.2 Å². The number of hydrogen-bond donors (Lipinski definition) is 1. The molecule has 0 spiro atoms. The molecular weight excluding hydrogens is 320 g/mol. The van der Waals surface area contributed by atoms with E-state index in [2.05, 4.69) is 15.6 Å². The number of nitrogens with one attached hydrogen (secondary N) is 1. The Kier molecular flexibility index (Phi) is 4.56. The van der Waals surface area contributed by atoms with E-state index >= 15 is 0 Å². The Morgan fingerprint density at radius 3 is 2.52 bits per heavy atom. The van der Waals surface area contributed by atoms with Crippen LogP contribution in [-0.4, -0.2) is 29.0 Å². The maximum atomic E-state index is 12.4. The molecule has 7 heteroatoms. The summed E-state index contributed by atoms with van der Waals surface area (Å²) < 4.78 is 6.22. The summed E-state index contributed by atoms with van der Waals surface area (Å²) in [5.41, 5.74) is 3.13. The minimum absolute atomic E-state index is 0.143. The molecule has 1 heterocycles. The van der Waals surface area contributed by atoms with Crippen LogP contribution in [0.2, 0.25) is 0 Å². The second-order valence-corrected chi connectivity index (χ2v) is 5.30. The van der Waals surface area contributed by atoms with Crippen LogP contribution in [0.1, 0.15) is 16.1 Å². The van der Waals surface area contributed by atoms with Gasteiger partial charge in [0.25, 0.3) is 11.5 Å². The molecule has 0 bridgehead atoms. The third-order valence-electron chi connectivity index (χ3n) is 3.67. The lowest BCUT2D eigenvalue weighted by Gasteiger charge is -2.06. The van der Waals surface area contributed by atoms with Gasteiger partial charge in [0, 0.05) is 12.4 Å². The van der Waals surface area contributed by atoms with Gasteiger partial charge in [0.15, 0.2) is 5.69 Å². The minimum atomic E-state index is -0.489. The lowest BCUT2D eigenvalue weighted by atomic mass is 10.1. The minimum Gasteiger partial charge on any atom is -0.497 e. The normalized spacial score (nSPS) is 11.0. The number of carbonyl (C=O) groups is 1. The number of hydrazone groups is 1. The van der Waals surface area contributed by atoms with Crippen LogP contribution in [-0.2, 0) is 7.05 Å². The van der Waals surface area contributed by atoms with Crippen molar-refractivity contribution in [3.63, 3.8) is 0 Å². The van der Waals surface area contributed by atoms with Crippen molar-refractivity contribution in [2.75, 3.05) is 7.11 Å². The zero-order chi connectivity index (χ0) is 17.8. The molecule has 0 saturated carbocycles. The van der Waals surface area contributed by atoms with Crippen LogP contribution in [0, 0.1) is 0 Å². The molecule has 0 aliphatic rings. The quantitative estimate of drug-likeness (QED) is 0.580. The van der Waals surface area contributed by atoms with Gasteiger partial charge in [-0.2, -0.15) is 10.2 Å². The first-order valence-electron chi connectivity index (χ1n) is 7.53. The Morgan fingerprint density at radius 1 is 1.16 bits per heavy atom. The lowest BCUT2D eigenvalue weighted by molar-refractivity contribution is 0.0950. The van der Waals surface area contributed by atoms with Crippen molar-refractivity contribution in [3.05, 3.63) is 70.1 Å². The fourth-order valence-corrected chi connectivity index (χ4v) is 2.38. The first-order chi connectivity index (χ1) is 12.1. The number of hydrogen-bond acceptors (Lipinski definition) is 5. The number of rotatable bonds is 4. The van der Waals surface area contributed by atoms with Crippen molar-refractivity contribution in [2.24, 2.45) is 12.1 Å². The molecule has 2 aromatic carbocycles. The molecule has 1 aromatic heterocycles. The molecule has 3 aromatic rings. The van der Waals surface area contributed by atoms with E-state index in [1.54, 1.807) is 43.5 Å². The fraction of sp³-hybridized carbons (Fsp3) is 0.111. The van der Waals surface area contributed by atoms with Crippen LogP contribution in [0.15, 0.2) is 58.4 Å². The Labute approximate surface area is 143 Å². The number of nitrogens with zero attached hydrogens (tertiary/aromatic N) is 3. The molecule has 1 amide bonds. The maximum absolute atomic E-state index is 12.4. The summed E-state index contributed by atoms with van der Waals surface area (Å²) in [6, 6.07) is 14.1. The second-order valence-electron chi connectivity index (χ2n) is 5.30. The standard InChI is InChI=1S/C18H16N4O3/c1-22-18(24)15-6-4-3-5-14(15)16(21-22)17(23)20-19-11-12-7-9-13(25-2)10-8-12/h3-11H,1-2H3,(H,20,23)/b19-11-. The first-order valence-corrected chi connectivity index (χ1v) is 7.53. The number of benzene rings is 2. The highest BCUT2D eigenvalue weighted by Gasteiger charge is 2.14. The van der Waals surface area contributed by atoms with E-state index < -0.39 is 5.91 Å². The summed E-state index contributed by atoms with van der Waals surface area (Å²) in [4.78, 5) is 24.5. The molecular formula is C18H16N4O3. The number of carbonyl (C=O) groups excluding carboxylic acids is 1. The zero-order valence-electron chi connectivity index (χ0n) is 13.8. The largest absolute Gasteiger partial charge is 0.497 e. The highest BCUT2D eigenvalue weighted by molar-refractivity contribution is 6.04. The second kappa shape index (κ2) is 6.96. The third kappa shape index (κ3) is 3.40. The maximum Gasteiger partial charge on any atom is 0.292 e. The van der Waals surface area contributed by atoms with Gasteiger partial charge in [-0.1, -0.05) is 18.2 Å². The van der Waals surface area contributed by atoms with E-state index in [0.29, 0.717) is 10.8 Å². The number of aryl methyl sites for hydroxylation is 1. The zero-order valence-corrected chi connectivity index (χ0v) is 13.8. The predicted octanol–water partition coefficient (Wildman–Crippen LogP) is 1.71. The van der Waals surface area contributed by atoms with Crippen LogP contribution in [0.4, 0.5) is 0 Å². The monoisotopic (exact) mass is 336 g/mol. The van der Waals surface area contributed by atoms with E-state index in [0.717, 1.165) is 16.0 Å². The fourth-order valence-electron chi connectivity index (χ4n) is 2.38. The predicted molar refractivity (Wildman–Crippen MR) is 95.0 cm³/mol. The smallest absolute Gasteiger partial charge is 0.292 e. The van der Waals surface area contributed by atoms with Gasteiger partial charge in [0.05, 0.1) is 18.7 Å². The van der Waals surface area contributed by atoms with Gasteiger partial charge >= 0.3 is 0 Å². The van der Waals surface area contributed by atoms with Crippen LogP contribution in [0.5, 0.6) is 5.75 Å². The summed E-state index contributed by atoms with van der Waals surface area (Å²) in [5.74, 6) is 0.249. The summed E-state index contributed by atoms with van der Waals surface area (Å²) in [6.07, 6.45) is 1.52. The average molecular weight is 336 g/mol. The molecule has 0 radical (unpaired) electrons. The van der Waals surface area contributed by atoms with Crippen LogP contribution in [0.25, 0.3) is 10.8 Å². The van der Waals surface area contributed by atoms with Crippen molar-refractivity contribution in [2.45, 2.75) is 0 Å². The average Bonchev–Trinajstić information content (AvgIpc) is 2.65. The SMILES string of the molecule is COc1ccc(/C=N\NC(=O)c2nn(C)c(=O)c3ccccc23)cc1. The molecule has 0 unspecified atom stereocenters. The topological polar surface area (TPSA) is 85.6 Å². The Hall–Kier alpha value is -3.48. The van der Waals surface area contributed by atoms with E-state index in [4.69, 9.17) is 4.74 Å². The Bertz CT molecular complexity index is 1010. The van der Waals surface area contributed by atoms with Crippen molar-refractivity contribution in [3.8, 4) is 5.75 Å². The summed E-state index contributed by atoms with van der Waals surface area (Å²) >= 11 is 0. The molecule has 0 aliphatic carbocycles. The lowest BCUT2D eigenvalue weighted by Crippen LogP contribution is -2.27. The van der Waals surface area contributed by atoms with E-state index in [9.17, 15) is 9.59 Å². The van der Waals surface area contributed by atoms with Gasteiger partial charge < -0.3 is 4.74 Å². The number of aromatic nitrogens is 2. The molecule has 0 saturated heterocycles. The van der Waals surface area contributed by atoms with E-state index in [1.165, 1.54) is 13.3 Å². The molecule has 1 N–H and O–H groups in total. The van der Waals surface area contributed by atoms with Gasteiger partial charge in [-0.25, -0.2) is 10.1 Å². The van der Waals surface area contributed by atoms with Crippen LogP contribution in [0.3, 0.4) is 0 Å². The molecule has 126 valence electrons. The van der Waals surface area contributed by atoms with E-state index in [-0.39, 0.29) is 11.3 Å². The van der Waals surface area contributed by atoms with Crippen molar-refractivity contribution >= 4 is 22.9 Å². The molecule has 3 rings (SSSR count). The molecule has 0 atom stereocenters. The van der Waals surface area contributed by atoms with Crippen LogP contribution < -0.4 is 15.7 Å². The summed E-state index contributed by atoms with van der Waals surface area (Å²) in [7, 11) is 3.10. The highest BCUT2D eigenvalue weighted by Crippen LogP contribution is 2.13. The summed E-state index contributed by atoms with van der Waals surface area (Å²) in [6.45, 7) is 0. The molecule has 25 heavy (non-hydrogen) atoms. The highest BCUT2D eigenvalue weighted by atomic mass is 16.5. The number of amides is 1. The van der Waals surface area contributed by atoms with Gasteiger partial charge in [-0.15, -0.1) is 0 Å². The number of fused-ring (bicyclic) bond motifs is 1. The first kappa shape index (κ1) is 16.4. The van der Waals surface area contributed by atoms with Gasteiger partial charge in [0.1, 0.15) is 5.75 Å². The van der Waals surface area contributed by atoms with Crippen LogP contribution >= 0.6 is 0 Å². The molecule has 0 aliphatic heterocycles. The Balaban J connectivity index is 1.84. The molecule has 7 nitrogen and oxygen atoms in total. The third-order valence-corrected chi connectivity index (χ3v) is 3.67. The van der Waals surface area contributed by atoms with Gasteiger partial charge in [-0.3, -0.25) is 9.59 Å². The number of ether oxygens (including phenoxy) is 1. The Morgan fingerprint density at radius 2 is 1.84 bits per heavy atom. The molecule has 0 fully saturated rings. The van der Waals surface area contributed by atoms with E-state index in [1.807, 2.05) is 12.1 Å². The van der Waals surface area contributed by atoms with Gasteiger partial charge in [-0.05, 0) is 35.9 Å². The number of methoxy groups -OCH3 is 1. The van der Waals surface area contributed by atoms with Gasteiger partial charge in [0.2, 0.25) is 0 Å². The summed E-state index contributed by atoms with van der Waals surface area (Å²) in [5, 5.41) is 8.91. The van der Waals surface area contributed by atoms with Crippen molar-refractivity contribution in [1.29, 1.82) is 0 Å². The van der Waals surface area contributed by atoms with Crippen molar-refractivity contribution < 1.29 is 9.53 Å².